The van der Waals surface area contributed by atoms with Crippen LogP contribution in [0.1, 0.15) is 40.5 Å². The van der Waals surface area contributed by atoms with Gasteiger partial charge in [0.05, 0.1) is 0 Å². The molecule has 1 saturated carbocycles. The highest BCUT2D eigenvalue weighted by Crippen LogP contribution is 2.48. The van der Waals surface area contributed by atoms with Gasteiger partial charge in [0, 0.05) is 17.1 Å². The molecule has 2 aliphatic rings. The molecule has 0 aromatic carbocycles. The minimum Gasteiger partial charge on any atom is -0.325 e. The molecule has 0 bridgehead atoms. The number of nitrogens with one attached hydrogen (secondary N) is 1. The number of hydrogen-bond acceptors (Lipinski definition) is 2. The van der Waals surface area contributed by atoms with Gasteiger partial charge in [-0.1, -0.05) is 13.8 Å². The zero-order valence-corrected chi connectivity index (χ0v) is 9.22. The van der Waals surface area contributed by atoms with E-state index in [9.17, 15) is 0 Å². The van der Waals surface area contributed by atoms with E-state index in [-0.39, 0.29) is 5.54 Å². The fourth-order valence-corrected chi connectivity index (χ4v) is 3.14. The molecule has 1 aliphatic heterocycles. The predicted molar refractivity (Wildman–Crippen MR) is 55.5 cm³/mol. The van der Waals surface area contributed by atoms with Crippen LogP contribution in [0, 0.1) is 11.8 Å². The van der Waals surface area contributed by atoms with Crippen LogP contribution in [0.5, 0.6) is 0 Å². The molecule has 2 fully saturated rings. The van der Waals surface area contributed by atoms with Crippen molar-refractivity contribution in [1.29, 1.82) is 0 Å². The van der Waals surface area contributed by atoms with Crippen molar-refractivity contribution in [3.8, 4) is 0 Å². The van der Waals surface area contributed by atoms with Gasteiger partial charge in [-0.05, 0) is 38.5 Å². The summed E-state index contributed by atoms with van der Waals surface area (Å²) < 4.78 is 0. The maximum atomic E-state index is 6.35. The molecule has 2 nitrogen and oxygen atoms in total. The van der Waals surface area contributed by atoms with E-state index in [4.69, 9.17) is 5.73 Å². The van der Waals surface area contributed by atoms with Gasteiger partial charge in [0.1, 0.15) is 0 Å². The van der Waals surface area contributed by atoms with Crippen LogP contribution in [0.25, 0.3) is 0 Å². The minimum absolute atomic E-state index is 0.0232. The van der Waals surface area contributed by atoms with Crippen LogP contribution in [-0.4, -0.2) is 17.1 Å². The predicted octanol–water partition coefficient (Wildman–Crippen LogP) is 1.50. The van der Waals surface area contributed by atoms with Crippen molar-refractivity contribution in [2.75, 3.05) is 0 Å². The molecule has 1 spiro atoms. The average Bonchev–Trinajstić information content (AvgIpc) is 2.55. The molecule has 0 aromatic rings. The Labute approximate surface area is 81.3 Å². The van der Waals surface area contributed by atoms with E-state index in [1.165, 1.54) is 6.42 Å². The highest BCUT2D eigenvalue weighted by molar-refractivity contribution is 5.19. The molecule has 0 radical (unpaired) electrons. The van der Waals surface area contributed by atoms with Gasteiger partial charge in [0.2, 0.25) is 0 Å². The van der Waals surface area contributed by atoms with Crippen LogP contribution in [0.4, 0.5) is 0 Å². The third-order valence-corrected chi connectivity index (χ3v) is 4.53. The summed E-state index contributed by atoms with van der Waals surface area (Å²) in [5.74, 6) is 1.40. The Hall–Kier alpha value is -0.0800. The second kappa shape index (κ2) is 2.48. The van der Waals surface area contributed by atoms with Crippen LogP contribution >= 0.6 is 0 Å². The molecule has 13 heavy (non-hydrogen) atoms. The number of nitrogens with two attached hydrogens (primary N) is 1. The van der Waals surface area contributed by atoms with Gasteiger partial charge in [-0.2, -0.15) is 0 Å². The summed E-state index contributed by atoms with van der Waals surface area (Å²) in [4.78, 5) is 0. The van der Waals surface area contributed by atoms with Crippen molar-refractivity contribution in [2.24, 2.45) is 17.6 Å². The SMILES string of the molecule is CC1CC2(CC(C)(N)C1C)NC2C. The van der Waals surface area contributed by atoms with Gasteiger partial charge in [0.15, 0.2) is 0 Å². The second-order valence-corrected chi connectivity index (χ2v) is 5.67. The molecule has 76 valence electrons. The van der Waals surface area contributed by atoms with Crippen molar-refractivity contribution >= 4 is 0 Å². The summed E-state index contributed by atoms with van der Waals surface area (Å²) in [7, 11) is 0. The molecule has 3 N–H and O–H groups in total. The Morgan fingerprint density at radius 3 is 2.23 bits per heavy atom. The van der Waals surface area contributed by atoms with E-state index in [1.807, 2.05) is 0 Å². The molecule has 1 aliphatic carbocycles. The minimum atomic E-state index is 0.0232. The third-order valence-electron chi connectivity index (χ3n) is 4.53. The zero-order valence-electron chi connectivity index (χ0n) is 9.22. The van der Waals surface area contributed by atoms with E-state index >= 15 is 0 Å². The van der Waals surface area contributed by atoms with Crippen molar-refractivity contribution in [3.63, 3.8) is 0 Å². The molecule has 5 unspecified atom stereocenters. The molecule has 0 aromatic heterocycles. The molecule has 5 atom stereocenters. The Bertz CT molecular complexity index is 224. The smallest absolute Gasteiger partial charge is 0.0355 e. The molecule has 0 amide bonds. The quantitative estimate of drug-likeness (QED) is 0.558. The fraction of sp³-hybridized carbons (Fsp3) is 1.00. The van der Waals surface area contributed by atoms with E-state index in [0.717, 1.165) is 12.3 Å². The first kappa shape index (κ1) is 9.47. The maximum Gasteiger partial charge on any atom is 0.0355 e. The first-order chi connectivity index (χ1) is 5.87. The van der Waals surface area contributed by atoms with Crippen LogP contribution in [0.15, 0.2) is 0 Å². The van der Waals surface area contributed by atoms with Crippen LogP contribution in [0.2, 0.25) is 0 Å². The van der Waals surface area contributed by atoms with Crippen molar-refractivity contribution in [2.45, 2.75) is 57.7 Å². The summed E-state index contributed by atoms with van der Waals surface area (Å²) in [6, 6.07) is 0.685. The van der Waals surface area contributed by atoms with E-state index in [0.29, 0.717) is 17.5 Å². The van der Waals surface area contributed by atoms with Gasteiger partial charge >= 0.3 is 0 Å². The standard InChI is InChI=1S/C11H22N2/c1-7-5-11(9(3)13-11)6-10(4,12)8(7)2/h7-9,13H,5-6,12H2,1-4H3. The van der Waals surface area contributed by atoms with E-state index in [1.54, 1.807) is 0 Å². The lowest BCUT2D eigenvalue weighted by atomic mass is 9.64. The topological polar surface area (TPSA) is 48.0 Å². The fourth-order valence-electron chi connectivity index (χ4n) is 3.14. The first-order valence-electron chi connectivity index (χ1n) is 5.44. The summed E-state index contributed by atoms with van der Waals surface area (Å²) in [5, 5.41) is 3.57. The molecular weight excluding hydrogens is 160 g/mol. The molecular formula is C11H22N2. The van der Waals surface area contributed by atoms with Crippen molar-refractivity contribution in [1.82, 2.24) is 5.32 Å². The van der Waals surface area contributed by atoms with E-state index < -0.39 is 0 Å². The largest absolute Gasteiger partial charge is 0.325 e. The summed E-state index contributed by atoms with van der Waals surface area (Å²) in [6.45, 7) is 9.12. The van der Waals surface area contributed by atoms with Crippen LogP contribution in [-0.2, 0) is 0 Å². The summed E-state index contributed by atoms with van der Waals surface area (Å²) in [5.41, 5.74) is 6.77. The van der Waals surface area contributed by atoms with Crippen LogP contribution < -0.4 is 11.1 Å². The Morgan fingerprint density at radius 1 is 1.31 bits per heavy atom. The lowest BCUT2D eigenvalue weighted by Gasteiger charge is -2.44. The lowest BCUT2D eigenvalue weighted by molar-refractivity contribution is 0.127. The normalized spacial score (nSPS) is 61.2. The second-order valence-electron chi connectivity index (χ2n) is 5.67. The number of rotatable bonds is 0. The van der Waals surface area contributed by atoms with Gasteiger partial charge < -0.3 is 11.1 Å². The first-order valence-corrected chi connectivity index (χ1v) is 5.44. The molecule has 2 rings (SSSR count). The molecule has 1 saturated heterocycles. The monoisotopic (exact) mass is 182 g/mol. The highest BCUT2D eigenvalue weighted by Gasteiger charge is 2.58. The summed E-state index contributed by atoms with van der Waals surface area (Å²) in [6.07, 6.45) is 2.45. The Kier molecular flexibility index (Phi) is 1.81. The van der Waals surface area contributed by atoms with Crippen molar-refractivity contribution < 1.29 is 0 Å². The maximum absolute atomic E-state index is 6.35. The molecule has 2 heteroatoms. The lowest BCUT2D eigenvalue weighted by Crippen LogP contribution is -2.54. The highest BCUT2D eigenvalue weighted by atomic mass is 15.2. The number of hydrogen-bond donors (Lipinski definition) is 2. The van der Waals surface area contributed by atoms with Gasteiger partial charge in [-0.25, -0.2) is 0 Å². The summed E-state index contributed by atoms with van der Waals surface area (Å²) >= 11 is 0. The third kappa shape index (κ3) is 1.31. The van der Waals surface area contributed by atoms with Gasteiger partial charge in [0.25, 0.3) is 0 Å². The van der Waals surface area contributed by atoms with E-state index in [2.05, 4.69) is 33.0 Å². The van der Waals surface area contributed by atoms with Gasteiger partial charge in [-0.15, -0.1) is 0 Å². The zero-order chi connectivity index (χ0) is 9.85. The van der Waals surface area contributed by atoms with Crippen molar-refractivity contribution in [3.05, 3.63) is 0 Å². The van der Waals surface area contributed by atoms with Crippen LogP contribution in [0.3, 0.4) is 0 Å². The average molecular weight is 182 g/mol. The Morgan fingerprint density at radius 2 is 1.85 bits per heavy atom. The molecule has 1 heterocycles. The van der Waals surface area contributed by atoms with Gasteiger partial charge in [-0.3, -0.25) is 0 Å². The Balaban J connectivity index is 2.17.